The van der Waals surface area contributed by atoms with E-state index in [1.165, 1.54) is 24.3 Å². The highest BCUT2D eigenvalue weighted by atomic mass is 19.4. The number of nitrogens with zero attached hydrogens (tertiary/aromatic N) is 2. The van der Waals surface area contributed by atoms with Crippen LogP contribution in [0.1, 0.15) is 27.9 Å². The molecule has 0 radical (unpaired) electrons. The Hall–Kier alpha value is -3.75. The number of pyridine rings is 1. The third kappa shape index (κ3) is 5.11. The number of hydrogen-bond donors (Lipinski definition) is 1. The van der Waals surface area contributed by atoms with Gasteiger partial charge in [-0.05, 0) is 54.3 Å². The molecule has 0 aliphatic carbocycles. The average molecular weight is 444 g/mol. The fourth-order valence-electron chi connectivity index (χ4n) is 3.59. The van der Waals surface area contributed by atoms with Crippen LogP contribution in [0.25, 0.3) is 0 Å². The van der Waals surface area contributed by atoms with E-state index < -0.39 is 12.3 Å². The fourth-order valence-corrected chi connectivity index (χ4v) is 3.59. The first-order valence-corrected chi connectivity index (χ1v) is 9.85. The molecule has 1 N–H and O–H groups in total. The van der Waals surface area contributed by atoms with E-state index in [4.69, 9.17) is 4.74 Å². The third-order valence-corrected chi connectivity index (χ3v) is 5.02. The van der Waals surface area contributed by atoms with E-state index in [0.29, 0.717) is 11.3 Å². The molecular weight excluding hydrogens is 425 g/mol. The highest BCUT2D eigenvalue weighted by molar-refractivity contribution is 5.89. The molecular formula is C23H19F3N2O4. The van der Waals surface area contributed by atoms with Gasteiger partial charge in [0, 0.05) is 18.3 Å². The molecule has 6 nitrogen and oxygen atoms in total. The standard InChI is InChI=1S/C23H19F3N2O4/c24-23(25,26)32-19-6-3-15(4-7-19)14-31-20-11-18(12-27-13-20)28-9-1-2-16-10-17(22(29)30)5-8-21(16)28/h3-8,10-13H,1-2,9,14H2,(H,29,30). The number of fused-ring (bicyclic) bond motifs is 1. The van der Waals surface area contributed by atoms with Gasteiger partial charge in [0.2, 0.25) is 0 Å². The summed E-state index contributed by atoms with van der Waals surface area (Å²) in [6.07, 6.45) is 0.198. The molecule has 0 bridgehead atoms. The second kappa shape index (κ2) is 8.78. The monoisotopic (exact) mass is 444 g/mol. The molecule has 0 unspecified atom stereocenters. The molecule has 0 fully saturated rings. The second-order valence-electron chi connectivity index (χ2n) is 7.26. The molecule has 166 valence electrons. The lowest BCUT2D eigenvalue weighted by atomic mass is 9.99. The number of carboxylic acid groups (broad SMARTS) is 1. The van der Waals surface area contributed by atoms with Crippen molar-refractivity contribution in [1.29, 1.82) is 0 Å². The highest BCUT2D eigenvalue weighted by Crippen LogP contribution is 2.35. The zero-order valence-corrected chi connectivity index (χ0v) is 16.8. The van der Waals surface area contributed by atoms with Gasteiger partial charge in [0.05, 0.1) is 23.6 Å². The Morgan fingerprint density at radius 2 is 1.84 bits per heavy atom. The van der Waals surface area contributed by atoms with E-state index in [9.17, 15) is 23.1 Å². The number of hydrogen-bond acceptors (Lipinski definition) is 5. The van der Waals surface area contributed by atoms with Gasteiger partial charge in [0.15, 0.2) is 0 Å². The van der Waals surface area contributed by atoms with Crippen LogP contribution in [-0.2, 0) is 13.0 Å². The quantitative estimate of drug-likeness (QED) is 0.553. The molecule has 2 aromatic carbocycles. The van der Waals surface area contributed by atoms with Crippen molar-refractivity contribution < 1.29 is 32.5 Å². The van der Waals surface area contributed by atoms with Crippen molar-refractivity contribution in [3.8, 4) is 11.5 Å². The summed E-state index contributed by atoms with van der Waals surface area (Å²) < 4.78 is 46.4. The highest BCUT2D eigenvalue weighted by Gasteiger charge is 2.31. The molecule has 1 aliphatic heterocycles. The first-order valence-electron chi connectivity index (χ1n) is 9.85. The topological polar surface area (TPSA) is 71.9 Å². The molecule has 0 atom stereocenters. The zero-order chi connectivity index (χ0) is 22.7. The van der Waals surface area contributed by atoms with Crippen LogP contribution in [0.4, 0.5) is 24.5 Å². The maximum atomic E-state index is 12.3. The summed E-state index contributed by atoms with van der Waals surface area (Å²) in [5.41, 5.74) is 3.63. The molecule has 0 amide bonds. The van der Waals surface area contributed by atoms with Gasteiger partial charge in [-0.25, -0.2) is 4.79 Å². The van der Waals surface area contributed by atoms with Gasteiger partial charge in [-0.3, -0.25) is 4.98 Å². The fraction of sp³-hybridized carbons (Fsp3) is 0.217. The smallest absolute Gasteiger partial charge is 0.487 e. The Kier molecular flexibility index (Phi) is 5.89. The number of aryl methyl sites for hydroxylation is 1. The molecule has 3 aromatic rings. The molecule has 0 saturated heterocycles. The van der Waals surface area contributed by atoms with Gasteiger partial charge in [-0.1, -0.05) is 12.1 Å². The predicted molar refractivity (Wildman–Crippen MR) is 110 cm³/mol. The third-order valence-electron chi connectivity index (χ3n) is 5.02. The predicted octanol–water partition coefficient (Wildman–Crippen LogP) is 5.34. The summed E-state index contributed by atoms with van der Waals surface area (Å²) in [6.45, 7) is 0.904. The van der Waals surface area contributed by atoms with Crippen molar-refractivity contribution in [3.05, 3.63) is 77.6 Å². The molecule has 1 aromatic heterocycles. The van der Waals surface area contributed by atoms with E-state index >= 15 is 0 Å². The number of aromatic carboxylic acids is 1. The van der Waals surface area contributed by atoms with Crippen LogP contribution in [-0.4, -0.2) is 29.0 Å². The van der Waals surface area contributed by atoms with Crippen molar-refractivity contribution >= 4 is 17.3 Å². The Bertz CT molecular complexity index is 1120. The molecule has 9 heteroatoms. The summed E-state index contributed by atoms with van der Waals surface area (Å²) in [5.74, 6) is -0.743. The van der Waals surface area contributed by atoms with E-state index in [-0.39, 0.29) is 17.9 Å². The van der Waals surface area contributed by atoms with Crippen molar-refractivity contribution in [3.63, 3.8) is 0 Å². The molecule has 1 aliphatic rings. The van der Waals surface area contributed by atoms with Crippen molar-refractivity contribution in [1.82, 2.24) is 4.98 Å². The van der Waals surface area contributed by atoms with Crippen LogP contribution >= 0.6 is 0 Å². The number of aromatic nitrogens is 1. The number of alkyl halides is 3. The van der Waals surface area contributed by atoms with E-state index in [0.717, 1.165) is 36.3 Å². The van der Waals surface area contributed by atoms with Gasteiger partial charge in [0.1, 0.15) is 18.1 Å². The van der Waals surface area contributed by atoms with Gasteiger partial charge in [-0.15, -0.1) is 13.2 Å². The summed E-state index contributed by atoms with van der Waals surface area (Å²) >= 11 is 0. The van der Waals surface area contributed by atoms with E-state index in [2.05, 4.69) is 14.6 Å². The SMILES string of the molecule is O=C(O)c1ccc2c(c1)CCCN2c1cncc(OCc2ccc(OC(F)(F)F)cc2)c1. The van der Waals surface area contributed by atoms with Crippen molar-refractivity contribution in [2.45, 2.75) is 25.8 Å². The maximum Gasteiger partial charge on any atom is 0.573 e. The number of benzene rings is 2. The Balaban J connectivity index is 1.46. The van der Waals surface area contributed by atoms with E-state index in [1.54, 1.807) is 30.6 Å². The summed E-state index contributed by atoms with van der Waals surface area (Å²) in [5, 5.41) is 9.23. The normalized spacial score (nSPS) is 13.4. The minimum absolute atomic E-state index is 0.149. The average Bonchev–Trinajstić information content (AvgIpc) is 2.77. The lowest BCUT2D eigenvalue weighted by molar-refractivity contribution is -0.274. The van der Waals surface area contributed by atoms with Crippen LogP contribution in [0, 0.1) is 0 Å². The Labute approximate surface area is 181 Å². The minimum Gasteiger partial charge on any atom is -0.487 e. The van der Waals surface area contributed by atoms with Crippen molar-refractivity contribution in [2.75, 3.05) is 11.4 Å². The number of anilines is 2. The number of ether oxygens (including phenoxy) is 2. The Morgan fingerprint density at radius 3 is 2.56 bits per heavy atom. The van der Waals surface area contributed by atoms with Gasteiger partial charge >= 0.3 is 12.3 Å². The number of halogens is 3. The van der Waals surface area contributed by atoms with Crippen LogP contribution in [0.3, 0.4) is 0 Å². The van der Waals surface area contributed by atoms with Gasteiger partial charge in [0.25, 0.3) is 0 Å². The molecule has 0 spiro atoms. The molecule has 0 saturated carbocycles. The first-order chi connectivity index (χ1) is 15.3. The van der Waals surface area contributed by atoms with Gasteiger partial charge < -0.3 is 19.5 Å². The maximum absolute atomic E-state index is 12.3. The molecule has 2 heterocycles. The molecule has 4 rings (SSSR count). The summed E-state index contributed by atoms with van der Waals surface area (Å²) in [7, 11) is 0. The minimum atomic E-state index is -4.73. The van der Waals surface area contributed by atoms with Gasteiger partial charge in [-0.2, -0.15) is 0 Å². The van der Waals surface area contributed by atoms with Crippen LogP contribution < -0.4 is 14.4 Å². The molecule has 32 heavy (non-hydrogen) atoms. The van der Waals surface area contributed by atoms with Crippen LogP contribution in [0.15, 0.2) is 60.9 Å². The lowest BCUT2D eigenvalue weighted by Gasteiger charge is -2.31. The lowest BCUT2D eigenvalue weighted by Crippen LogP contribution is -2.25. The number of rotatable bonds is 6. The van der Waals surface area contributed by atoms with Crippen LogP contribution in [0.2, 0.25) is 0 Å². The summed E-state index contributed by atoms with van der Waals surface area (Å²) in [4.78, 5) is 17.6. The number of carbonyl (C=O) groups is 1. The number of carboxylic acids is 1. The van der Waals surface area contributed by atoms with E-state index in [1.807, 2.05) is 6.07 Å². The summed E-state index contributed by atoms with van der Waals surface area (Å²) in [6, 6.07) is 12.4. The first kappa shape index (κ1) is 21.5. The second-order valence-corrected chi connectivity index (χ2v) is 7.26. The largest absolute Gasteiger partial charge is 0.573 e. The van der Waals surface area contributed by atoms with Crippen molar-refractivity contribution in [2.24, 2.45) is 0 Å². The zero-order valence-electron chi connectivity index (χ0n) is 16.8. The van der Waals surface area contributed by atoms with Crippen LogP contribution in [0.5, 0.6) is 11.5 Å². The Morgan fingerprint density at radius 1 is 1.06 bits per heavy atom.